The van der Waals surface area contributed by atoms with Crippen molar-refractivity contribution in [1.82, 2.24) is 0 Å². The lowest BCUT2D eigenvalue weighted by molar-refractivity contribution is -0.159. The van der Waals surface area contributed by atoms with E-state index in [0.29, 0.717) is 19.6 Å². The Bertz CT molecular complexity index is 197. The van der Waals surface area contributed by atoms with Crippen molar-refractivity contribution < 1.29 is 19.0 Å². The van der Waals surface area contributed by atoms with Crippen LogP contribution in [-0.2, 0) is 19.0 Å². The van der Waals surface area contributed by atoms with Crippen LogP contribution in [0.1, 0.15) is 13.3 Å². The number of methoxy groups -OCH3 is 1. The van der Waals surface area contributed by atoms with E-state index in [-0.39, 0.29) is 5.97 Å². The summed E-state index contributed by atoms with van der Waals surface area (Å²) < 4.78 is 14.4. The van der Waals surface area contributed by atoms with Gasteiger partial charge in [-0.05, 0) is 6.92 Å². The first-order valence-electron chi connectivity index (χ1n) is 4.15. The molecule has 0 amide bonds. The van der Waals surface area contributed by atoms with Crippen LogP contribution in [0.5, 0.6) is 0 Å². The van der Waals surface area contributed by atoms with E-state index in [2.05, 4.69) is 20.7 Å². The van der Waals surface area contributed by atoms with E-state index in [1.54, 1.807) is 0 Å². The fraction of sp³-hybridized carbons (Fsp3) is 0.875. The number of carbonyl (C=O) groups excluding carboxylic acids is 1. The highest BCUT2D eigenvalue weighted by Gasteiger charge is 2.50. The summed E-state index contributed by atoms with van der Waals surface area (Å²) in [5.74, 6) is -0.344. The Hall–Kier alpha value is -0.130. The highest BCUT2D eigenvalue weighted by atomic mass is 79.9. The molecule has 1 fully saturated rings. The fourth-order valence-electron chi connectivity index (χ4n) is 1.26. The van der Waals surface area contributed by atoms with Gasteiger partial charge in [-0.25, -0.2) is 0 Å². The summed E-state index contributed by atoms with van der Waals surface area (Å²) in [5, 5.41) is 0. The van der Waals surface area contributed by atoms with Crippen molar-refractivity contribution in [2.45, 2.75) is 24.0 Å². The molecule has 0 aliphatic carbocycles. The predicted octanol–water partition coefficient (Wildman–Crippen LogP) is 1.08. The molecule has 13 heavy (non-hydrogen) atoms. The number of halogens is 1. The largest absolute Gasteiger partial charge is 0.468 e. The zero-order valence-electron chi connectivity index (χ0n) is 7.71. The number of rotatable bonds is 3. The molecule has 1 aliphatic rings. The lowest BCUT2D eigenvalue weighted by Crippen LogP contribution is -2.42. The Morgan fingerprint density at radius 2 is 2.46 bits per heavy atom. The molecular formula is C8H13BrO4. The number of ether oxygens (including phenoxy) is 3. The van der Waals surface area contributed by atoms with Crippen molar-refractivity contribution in [3.63, 3.8) is 0 Å². The number of alkyl halides is 1. The molecule has 1 saturated heterocycles. The van der Waals surface area contributed by atoms with E-state index in [9.17, 15) is 4.79 Å². The Balaban J connectivity index is 2.69. The third-order valence-corrected chi connectivity index (χ3v) is 3.05. The highest BCUT2D eigenvalue weighted by Crippen LogP contribution is 2.36. The van der Waals surface area contributed by atoms with Crippen LogP contribution >= 0.6 is 15.9 Å². The SMILES string of the molecule is CCOC1OCCC1(Br)C(=O)OC. The fourth-order valence-corrected chi connectivity index (χ4v) is 1.85. The molecule has 1 rings (SSSR count). The van der Waals surface area contributed by atoms with Crippen molar-refractivity contribution in [1.29, 1.82) is 0 Å². The first kappa shape index (κ1) is 10.9. The summed E-state index contributed by atoms with van der Waals surface area (Å²) in [4.78, 5) is 11.4. The highest BCUT2D eigenvalue weighted by molar-refractivity contribution is 9.10. The zero-order valence-corrected chi connectivity index (χ0v) is 9.30. The molecule has 76 valence electrons. The molecule has 0 aromatic heterocycles. The van der Waals surface area contributed by atoms with E-state index in [0.717, 1.165) is 0 Å². The molecule has 5 heteroatoms. The minimum Gasteiger partial charge on any atom is -0.468 e. The molecule has 0 bridgehead atoms. The standard InChI is InChI=1S/C8H13BrO4/c1-3-12-7-8(9,4-5-13-7)6(10)11-2/h7H,3-5H2,1-2H3. The van der Waals surface area contributed by atoms with Crippen LogP contribution in [0.3, 0.4) is 0 Å². The van der Waals surface area contributed by atoms with Gasteiger partial charge in [0.25, 0.3) is 0 Å². The van der Waals surface area contributed by atoms with E-state index < -0.39 is 10.6 Å². The maximum Gasteiger partial charge on any atom is 0.327 e. The summed E-state index contributed by atoms with van der Waals surface area (Å²) in [5.41, 5.74) is 0. The molecule has 0 spiro atoms. The first-order valence-corrected chi connectivity index (χ1v) is 4.95. The van der Waals surface area contributed by atoms with E-state index in [4.69, 9.17) is 9.47 Å². The molecule has 1 aliphatic heterocycles. The van der Waals surface area contributed by atoms with Gasteiger partial charge in [-0.15, -0.1) is 0 Å². The predicted molar refractivity (Wildman–Crippen MR) is 49.7 cm³/mol. The van der Waals surface area contributed by atoms with Gasteiger partial charge in [0, 0.05) is 13.0 Å². The van der Waals surface area contributed by atoms with Gasteiger partial charge in [-0.1, -0.05) is 15.9 Å². The van der Waals surface area contributed by atoms with Crippen molar-refractivity contribution in [3.05, 3.63) is 0 Å². The second-order valence-corrected chi connectivity index (χ2v) is 4.18. The van der Waals surface area contributed by atoms with Crippen LogP contribution in [0, 0.1) is 0 Å². The first-order chi connectivity index (χ1) is 6.15. The third-order valence-electron chi connectivity index (χ3n) is 1.95. The maximum atomic E-state index is 11.4. The van der Waals surface area contributed by atoms with Crippen molar-refractivity contribution in [2.75, 3.05) is 20.3 Å². The van der Waals surface area contributed by atoms with Crippen LogP contribution in [-0.4, -0.2) is 36.9 Å². The minimum atomic E-state index is -0.822. The number of carbonyl (C=O) groups is 1. The van der Waals surface area contributed by atoms with E-state index >= 15 is 0 Å². The summed E-state index contributed by atoms with van der Waals surface area (Å²) in [6.45, 7) is 2.87. The Morgan fingerprint density at radius 1 is 1.77 bits per heavy atom. The second kappa shape index (κ2) is 4.39. The van der Waals surface area contributed by atoms with Gasteiger partial charge < -0.3 is 14.2 Å². The second-order valence-electron chi connectivity index (χ2n) is 2.76. The van der Waals surface area contributed by atoms with Crippen LogP contribution in [0.2, 0.25) is 0 Å². The van der Waals surface area contributed by atoms with Gasteiger partial charge in [-0.2, -0.15) is 0 Å². The molecule has 1 heterocycles. The number of hydrogen-bond donors (Lipinski definition) is 0. The van der Waals surface area contributed by atoms with Gasteiger partial charge in [0.15, 0.2) is 10.6 Å². The normalized spacial score (nSPS) is 33.3. The quantitative estimate of drug-likeness (QED) is 0.557. The van der Waals surface area contributed by atoms with Gasteiger partial charge in [0.1, 0.15) is 0 Å². The molecule has 2 atom stereocenters. The van der Waals surface area contributed by atoms with Crippen LogP contribution in [0.15, 0.2) is 0 Å². The summed E-state index contributed by atoms with van der Waals surface area (Å²) in [6, 6.07) is 0. The lowest BCUT2D eigenvalue weighted by atomic mass is 10.1. The van der Waals surface area contributed by atoms with Gasteiger partial charge in [0.05, 0.1) is 13.7 Å². The van der Waals surface area contributed by atoms with E-state index in [1.165, 1.54) is 7.11 Å². The summed E-state index contributed by atoms with van der Waals surface area (Å²) >= 11 is 3.31. The number of hydrogen-bond acceptors (Lipinski definition) is 4. The number of esters is 1. The molecular weight excluding hydrogens is 240 g/mol. The smallest absolute Gasteiger partial charge is 0.327 e. The van der Waals surface area contributed by atoms with Crippen molar-refractivity contribution in [3.8, 4) is 0 Å². The van der Waals surface area contributed by atoms with Crippen LogP contribution in [0.25, 0.3) is 0 Å². The monoisotopic (exact) mass is 252 g/mol. The Morgan fingerprint density at radius 3 is 3.00 bits per heavy atom. The molecule has 0 saturated carbocycles. The third kappa shape index (κ3) is 2.03. The average Bonchev–Trinajstić information content (AvgIpc) is 2.49. The molecule has 0 aromatic rings. The molecule has 0 aromatic carbocycles. The molecule has 0 N–H and O–H groups in total. The van der Waals surface area contributed by atoms with Gasteiger partial charge in [0.2, 0.25) is 0 Å². The zero-order chi connectivity index (χ0) is 9.90. The summed E-state index contributed by atoms with van der Waals surface area (Å²) in [6.07, 6.45) is 0.0367. The minimum absolute atomic E-state index is 0.344. The Kier molecular flexibility index (Phi) is 3.70. The maximum absolute atomic E-state index is 11.4. The van der Waals surface area contributed by atoms with Crippen LogP contribution < -0.4 is 0 Å². The molecule has 0 radical (unpaired) electrons. The Labute approximate surface area is 85.7 Å². The van der Waals surface area contributed by atoms with Crippen molar-refractivity contribution >= 4 is 21.9 Å². The van der Waals surface area contributed by atoms with Crippen molar-refractivity contribution in [2.24, 2.45) is 0 Å². The topological polar surface area (TPSA) is 44.8 Å². The lowest BCUT2D eigenvalue weighted by Gasteiger charge is -2.24. The van der Waals surface area contributed by atoms with Crippen LogP contribution in [0.4, 0.5) is 0 Å². The van der Waals surface area contributed by atoms with Gasteiger partial charge >= 0.3 is 5.97 Å². The van der Waals surface area contributed by atoms with Gasteiger partial charge in [-0.3, -0.25) is 4.79 Å². The van der Waals surface area contributed by atoms with E-state index in [1.807, 2.05) is 6.92 Å². The molecule has 2 unspecified atom stereocenters. The molecule has 4 nitrogen and oxygen atoms in total. The summed E-state index contributed by atoms with van der Waals surface area (Å²) in [7, 11) is 1.35. The average molecular weight is 253 g/mol.